The molecule has 29 heavy (non-hydrogen) atoms. The minimum Gasteiger partial charge on any atom is -0.462 e. The van der Waals surface area contributed by atoms with Gasteiger partial charge in [0.15, 0.2) is 5.69 Å². The van der Waals surface area contributed by atoms with E-state index < -0.39 is 11.9 Å². The van der Waals surface area contributed by atoms with Crippen LogP contribution in [0.1, 0.15) is 52.1 Å². The van der Waals surface area contributed by atoms with Crippen molar-refractivity contribution >= 4 is 34.3 Å². The fourth-order valence-electron chi connectivity index (χ4n) is 3.11. The summed E-state index contributed by atoms with van der Waals surface area (Å²) in [4.78, 5) is 39.7. The minimum atomic E-state index is -0.482. The maximum atomic E-state index is 12.6. The van der Waals surface area contributed by atoms with E-state index >= 15 is 0 Å². The molecule has 156 valence electrons. The number of anilines is 1. The molecule has 0 radical (unpaired) electrons. The van der Waals surface area contributed by atoms with Gasteiger partial charge < -0.3 is 19.7 Å². The lowest BCUT2D eigenvalue weighted by Gasteiger charge is -2.26. The number of esters is 1. The van der Waals surface area contributed by atoms with Gasteiger partial charge in [-0.3, -0.25) is 9.48 Å². The topological polar surface area (TPSA) is 103 Å². The molecular formula is C19H24N4O5S. The summed E-state index contributed by atoms with van der Waals surface area (Å²) >= 11 is 1.27. The number of hydrogen-bond donors (Lipinski definition) is 1. The molecular weight excluding hydrogens is 396 g/mol. The largest absolute Gasteiger partial charge is 0.462 e. The van der Waals surface area contributed by atoms with E-state index in [1.165, 1.54) is 11.3 Å². The predicted molar refractivity (Wildman–Crippen MR) is 107 cm³/mol. The van der Waals surface area contributed by atoms with Crippen LogP contribution < -0.4 is 5.32 Å². The first-order valence-electron chi connectivity index (χ1n) is 9.56. The molecule has 9 nitrogen and oxygen atoms in total. The van der Waals surface area contributed by atoms with Crippen molar-refractivity contribution in [3.8, 4) is 0 Å². The molecule has 10 heteroatoms. The van der Waals surface area contributed by atoms with Crippen molar-refractivity contribution in [2.24, 2.45) is 0 Å². The maximum absolute atomic E-state index is 12.6. The van der Waals surface area contributed by atoms with Gasteiger partial charge in [-0.1, -0.05) is 0 Å². The van der Waals surface area contributed by atoms with E-state index in [1.807, 2.05) is 6.92 Å². The second-order valence-electron chi connectivity index (χ2n) is 6.31. The highest BCUT2D eigenvalue weighted by Gasteiger charge is 2.31. The Kier molecular flexibility index (Phi) is 6.53. The Bertz CT molecular complexity index is 920. The van der Waals surface area contributed by atoms with Gasteiger partial charge in [0.05, 0.1) is 25.3 Å². The molecule has 1 N–H and O–H groups in total. The molecule has 2 amide bonds. The number of nitrogens with one attached hydrogen (secondary N) is 1. The Morgan fingerprint density at radius 2 is 1.97 bits per heavy atom. The molecule has 0 saturated heterocycles. The first-order chi connectivity index (χ1) is 14.0. The number of aromatic nitrogens is 2. The smallest absolute Gasteiger partial charge is 0.410 e. The van der Waals surface area contributed by atoms with Crippen LogP contribution in [-0.4, -0.2) is 52.4 Å². The molecule has 0 fully saturated rings. The molecule has 2 aromatic rings. The van der Waals surface area contributed by atoms with E-state index in [2.05, 4.69) is 10.4 Å². The Morgan fingerprint density at radius 3 is 2.62 bits per heavy atom. The number of fused-ring (bicyclic) bond motifs is 1. The number of thiophene rings is 1. The fourth-order valence-corrected chi connectivity index (χ4v) is 4.35. The van der Waals surface area contributed by atoms with Crippen LogP contribution in [0, 0.1) is 0 Å². The van der Waals surface area contributed by atoms with Gasteiger partial charge in [-0.15, -0.1) is 11.3 Å². The van der Waals surface area contributed by atoms with E-state index in [1.54, 1.807) is 35.7 Å². The molecule has 0 aromatic carbocycles. The van der Waals surface area contributed by atoms with Crippen molar-refractivity contribution < 1.29 is 23.9 Å². The van der Waals surface area contributed by atoms with Gasteiger partial charge in [-0.05, 0) is 38.8 Å². The number of amides is 2. The third-order valence-corrected chi connectivity index (χ3v) is 5.62. The second-order valence-corrected chi connectivity index (χ2v) is 7.41. The van der Waals surface area contributed by atoms with Crippen molar-refractivity contribution in [1.82, 2.24) is 14.7 Å². The Balaban J connectivity index is 1.89. The van der Waals surface area contributed by atoms with Crippen LogP contribution in [0.15, 0.2) is 12.3 Å². The molecule has 0 bridgehead atoms. The van der Waals surface area contributed by atoms with Crippen LogP contribution in [0.25, 0.3) is 0 Å². The summed E-state index contributed by atoms with van der Waals surface area (Å²) < 4.78 is 11.9. The molecule has 1 aliphatic rings. The molecule has 0 aliphatic carbocycles. The van der Waals surface area contributed by atoms with Gasteiger partial charge in [0.25, 0.3) is 5.91 Å². The molecule has 0 atom stereocenters. The highest BCUT2D eigenvalue weighted by atomic mass is 32.1. The van der Waals surface area contributed by atoms with Gasteiger partial charge >= 0.3 is 12.1 Å². The number of nitrogens with zero attached hydrogens (tertiary/aromatic N) is 3. The number of aryl methyl sites for hydroxylation is 1. The van der Waals surface area contributed by atoms with Crippen molar-refractivity contribution in [3.05, 3.63) is 34.0 Å². The Hall–Kier alpha value is -2.88. The minimum absolute atomic E-state index is 0.229. The van der Waals surface area contributed by atoms with Crippen LogP contribution in [0.5, 0.6) is 0 Å². The molecule has 2 aromatic heterocycles. The molecule has 1 aliphatic heterocycles. The van der Waals surface area contributed by atoms with E-state index in [0.29, 0.717) is 43.2 Å². The van der Waals surface area contributed by atoms with Crippen molar-refractivity contribution in [1.29, 1.82) is 0 Å². The van der Waals surface area contributed by atoms with Crippen molar-refractivity contribution in [3.63, 3.8) is 0 Å². The monoisotopic (exact) mass is 420 g/mol. The predicted octanol–water partition coefficient (Wildman–Crippen LogP) is 2.91. The van der Waals surface area contributed by atoms with E-state index in [-0.39, 0.29) is 18.4 Å². The van der Waals surface area contributed by atoms with Gasteiger partial charge in [0.1, 0.15) is 5.00 Å². The number of carbonyl (C=O) groups is 3. The van der Waals surface area contributed by atoms with Gasteiger partial charge in [-0.25, -0.2) is 9.59 Å². The quantitative estimate of drug-likeness (QED) is 0.721. The first-order valence-corrected chi connectivity index (χ1v) is 10.4. The van der Waals surface area contributed by atoms with E-state index in [9.17, 15) is 14.4 Å². The summed E-state index contributed by atoms with van der Waals surface area (Å²) in [5, 5.41) is 7.41. The Labute approximate surface area is 172 Å². The normalized spacial score (nSPS) is 13.0. The summed E-state index contributed by atoms with van der Waals surface area (Å²) in [6, 6.07) is 1.62. The maximum Gasteiger partial charge on any atom is 0.410 e. The summed E-state index contributed by atoms with van der Waals surface area (Å²) in [5.41, 5.74) is 1.43. The highest BCUT2D eigenvalue weighted by molar-refractivity contribution is 7.17. The molecule has 3 rings (SSSR count). The van der Waals surface area contributed by atoms with Crippen molar-refractivity contribution in [2.45, 2.75) is 40.3 Å². The Morgan fingerprint density at radius 1 is 1.21 bits per heavy atom. The highest BCUT2D eigenvalue weighted by Crippen LogP contribution is 2.38. The van der Waals surface area contributed by atoms with Gasteiger partial charge in [0.2, 0.25) is 0 Å². The lowest BCUT2D eigenvalue weighted by Crippen LogP contribution is -2.36. The summed E-state index contributed by atoms with van der Waals surface area (Å²) in [6.07, 6.45) is 1.82. The van der Waals surface area contributed by atoms with Crippen LogP contribution in [-0.2, 0) is 29.0 Å². The van der Waals surface area contributed by atoms with Gasteiger partial charge in [-0.2, -0.15) is 5.10 Å². The average molecular weight is 420 g/mol. The van der Waals surface area contributed by atoms with Crippen LogP contribution in [0.4, 0.5) is 9.80 Å². The lowest BCUT2D eigenvalue weighted by molar-refractivity contribution is 0.0526. The second kappa shape index (κ2) is 9.08. The molecule has 0 spiro atoms. The lowest BCUT2D eigenvalue weighted by atomic mass is 10.0. The summed E-state index contributed by atoms with van der Waals surface area (Å²) in [7, 11) is 0. The van der Waals surface area contributed by atoms with Gasteiger partial charge in [0, 0.05) is 24.2 Å². The molecule has 0 saturated carbocycles. The van der Waals surface area contributed by atoms with Crippen LogP contribution in [0.3, 0.4) is 0 Å². The van der Waals surface area contributed by atoms with E-state index in [4.69, 9.17) is 9.47 Å². The third kappa shape index (κ3) is 4.42. The zero-order valence-electron chi connectivity index (χ0n) is 16.7. The zero-order valence-corrected chi connectivity index (χ0v) is 17.5. The molecule has 3 heterocycles. The van der Waals surface area contributed by atoms with Crippen LogP contribution >= 0.6 is 11.3 Å². The zero-order chi connectivity index (χ0) is 21.0. The van der Waals surface area contributed by atoms with E-state index in [0.717, 1.165) is 10.4 Å². The third-order valence-electron chi connectivity index (χ3n) is 4.49. The SMILES string of the molecule is CCOC(=O)c1c(NC(=O)c2ccn(CC)n2)sc2c1CCN(C(=O)OCC)C2. The standard InChI is InChI=1S/C19H24N4O5S/c1-4-23-10-8-13(21-23)16(24)20-17-15(18(25)27-5-2)12-7-9-22(11-14(12)29-17)19(26)28-6-3/h8,10H,4-7,9,11H2,1-3H3,(H,20,24). The average Bonchev–Trinajstić information content (AvgIpc) is 3.32. The first kappa shape index (κ1) is 20.8. The summed E-state index contributed by atoms with van der Waals surface area (Å²) in [5.74, 6) is -0.882. The van der Waals surface area contributed by atoms with Crippen LogP contribution in [0.2, 0.25) is 0 Å². The number of carbonyl (C=O) groups excluding carboxylic acids is 3. The fraction of sp³-hybridized carbons (Fsp3) is 0.474. The summed E-state index contributed by atoms with van der Waals surface area (Å²) in [6.45, 7) is 7.35. The molecule has 0 unspecified atom stereocenters. The number of ether oxygens (including phenoxy) is 2. The number of rotatable bonds is 6. The number of hydrogen-bond acceptors (Lipinski definition) is 7. The van der Waals surface area contributed by atoms with Crippen molar-refractivity contribution in [2.75, 3.05) is 25.1 Å².